The molecule has 9 heteroatoms. The molecule has 0 radical (unpaired) electrons. The van der Waals surface area contributed by atoms with Crippen molar-refractivity contribution in [1.29, 1.82) is 0 Å². The Bertz CT molecular complexity index is 1910. The van der Waals surface area contributed by atoms with Crippen molar-refractivity contribution >= 4 is 73.1 Å². The number of hydrogen-bond donors (Lipinski definition) is 0. The summed E-state index contributed by atoms with van der Waals surface area (Å²) in [6, 6.07) is 23.5. The summed E-state index contributed by atoms with van der Waals surface area (Å²) in [5.41, 5.74) is 3.33. The van der Waals surface area contributed by atoms with Crippen molar-refractivity contribution < 1.29 is 9.21 Å². The maximum atomic E-state index is 13.3. The third kappa shape index (κ3) is 3.07. The number of thiazole rings is 1. The van der Waals surface area contributed by atoms with Crippen molar-refractivity contribution in [2.45, 2.75) is 11.4 Å². The molecule has 3 aromatic carbocycles. The largest absolute Gasteiger partial charge is 0.422 e. The maximum Gasteiger partial charge on any atom is 0.345 e. The Morgan fingerprint density at radius 2 is 1.75 bits per heavy atom. The van der Waals surface area contributed by atoms with Gasteiger partial charge in [0.15, 0.2) is 4.96 Å². The number of para-hydroxylation sites is 3. The molecule has 1 amide bonds. The highest BCUT2D eigenvalue weighted by molar-refractivity contribution is 7.17. The van der Waals surface area contributed by atoms with Crippen molar-refractivity contribution in [2.24, 2.45) is 0 Å². The highest BCUT2D eigenvalue weighted by atomic mass is 35.5. The van der Waals surface area contributed by atoms with E-state index in [1.807, 2.05) is 59.0 Å². The van der Waals surface area contributed by atoms with Crippen LogP contribution in [0.15, 0.2) is 88.1 Å². The minimum Gasteiger partial charge on any atom is -0.422 e. The summed E-state index contributed by atoms with van der Waals surface area (Å²) in [5, 5.41) is 0.505. The molecule has 0 saturated carbocycles. The minimum absolute atomic E-state index is 0.226. The first-order valence-corrected chi connectivity index (χ1v) is 12.8. The van der Waals surface area contributed by atoms with Crippen LogP contribution >= 0.6 is 34.5 Å². The fourth-order valence-electron chi connectivity index (χ4n) is 4.84. The zero-order valence-corrected chi connectivity index (χ0v) is 20.7. The van der Waals surface area contributed by atoms with Gasteiger partial charge in [-0.25, -0.2) is 9.78 Å². The molecule has 4 heterocycles. The Labute approximate surface area is 217 Å². The van der Waals surface area contributed by atoms with Crippen LogP contribution in [-0.2, 0) is 4.79 Å². The summed E-state index contributed by atoms with van der Waals surface area (Å²) in [7, 11) is 0. The summed E-state index contributed by atoms with van der Waals surface area (Å²) < 4.78 is 7.66. The third-order valence-corrected chi connectivity index (χ3v) is 8.24. The monoisotopic (exact) mass is 531 g/mol. The van der Waals surface area contributed by atoms with Gasteiger partial charge in [-0.05, 0) is 42.5 Å². The van der Waals surface area contributed by atoms with E-state index >= 15 is 0 Å². The zero-order chi connectivity index (χ0) is 24.6. The molecule has 1 fully saturated rings. The first-order valence-electron chi connectivity index (χ1n) is 11.2. The number of carbonyl (C=O) groups excluding carboxylic acids is 1. The Hall–Kier alpha value is -3.65. The molecule has 176 valence electrons. The van der Waals surface area contributed by atoms with Crippen LogP contribution in [0.1, 0.15) is 10.9 Å². The van der Waals surface area contributed by atoms with E-state index in [2.05, 4.69) is 0 Å². The molecule has 2 unspecified atom stereocenters. The lowest BCUT2D eigenvalue weighted by molar-refractivity contribution is -0.123. The van der Waals surface area contributed by atoms with Crippen molar-refractivity contribution in [2.75, 3.05) is 4.90 Å². The van der Waals surface area contributed by atoms with Gasteiger partial charge in [-0.1, -0.05) is 59.3 Å². The Kier molecular flexibility index (Phi) is 4.76. The number of rotatable bonds is 3. The number of fused-ring (bicyclic) bond motifs is 4. The topological polar surface area (TPSA) is 67.8 Å². The number of imidazole rings is 1. The molecule has 0 bridgehead atoms. The Balaban J connectivity index is 1.54. The molecule has 36 heavy (non-hydrogen) atoms. The van der Waals surface area contributed by atoms with Crippen molar-refractivity contribution in [3.8, 4) is 11.3 Å². The predicted molar refractivity (Wildman–Crippen MR) is 143 cm³/mol. The average Bonchev–Trinajstić information content (AvgIpc) is 3.42. The number of alkyl halides is 1. The van der Waals surface area contributed by atoms with Crippen LogP contribution < -0.4 is 10.5 Å². The molecule has 6 nitrogen and oxygen atoms in total. The molecule has 0 spiro atoms. The van der Waals surface area contributed by atoms with Crippen LogP contribution in [-0.4, -0.2) is 20.7 Å². The van der Waals surface area contributed by atoms with Crippen LogP contribution in [0.4, 0.5) is 5.69 Å². The summed E-state index contributed by atoms with van der Waals surface area (Å²) >= 11 is 14.3. The van der Waals surface area contributed by atoms with Gasteiger partial charge in [0.25, 0.3) is 0 Å². The average molecular weight is 532 g/mol. The molecule has 1 aliphatic rings. The number of β-lactam (4-membered cyclic amide) rings is 1. The summed E-state index contributed by atoms with van der Waals surface area (Å²) in [5.74, 6) is -0.226. The highest BCUT2D eigenvalue weighted by Gasteiger charge is 2.50. The number of anilines is 1. The van der Waals surface area contributed by atoms with Crippen molar-refractivity contribution in [3.63, 3.8) is 0 Å². The van der Waals surface area contributed by atoms with Gasteiger partial charge in [0.05, 0.1) is 33.2 Å². The van der Waals surface area contributed by atoms with Gasteiger partial charge >= 0.3 is 5.63 Å². The van der Waals surface area contributed by atoms with Gasteiger partial charge in [0.1, 0.15) is 11.0 Å². The van der Waals surface area contributed by atoms with Gasteiger partial charge in [0, 0.05) is 16.1 Å². The molecule has 0 N–H and O–H groups in total. The fourth-order valence-corrected chi connectivity index (χ4v) is 6.73. The Morgan fingerprint density at radius 3 is 2.61 bits per heavy atom. The second-order valence-electron chi connectivity index (χ2n) is 8.55. The van der Waals surface area contributed by atoms with E-state index in [1.165, 1.54) is 11.3 Å². The van der Waals surface area contributed by atoms with Gasteiger partial charge < -0.3 is 9.32 Å². The van der Waals surface area contributed by atoms with E-state index in [9.17, 15) is 9.59 Å². The summed E-state index contributed by atoms with van der Waals surface area (Å²) in [6.07, 6.45) is 0. The molecule has 7 rings (SSSR count). The van der Waals surface area contributed by atoms with E-state index in [4.69, 9.17) is 32.6 Å². The van der Waals surface area contributed by atoms with Crippen LogP contribution in [0.3, 0.4) is 0 Å². The summed E-state index contributed by atoms with van der Waals surface area (Å²) in [4.78, 5) is 34.2. The zero-order valence-electron chi connectivity index (χ0n) is 18.4. The number of aromatic nitrogens is 2. The highest BCUT2D eigenvalue weighted by Crippen LogP contribution is 2.49. The SMILES string of the molecule is O=C1C(Cl)C(c2sc3nc4ccccc4n3c2-c2cc3ccccc3oc2=O)N1c1cccc(Cl)c1. The van der Waals surface area contributed by atoms with Crippen LogP contribution in [0.5, 0.6) is 0 Å². The molecular weight excluding hydrogens is 517 g/mol. The van der Waals surface area contributed by atoms with E-state index in [1.54, 1.807) is 29.2 Å². The van der Waals surface area contributed by atoms with E-state index in [0.717, 1.165) is 21.3 Å². The van der Waals surface area contributed by atoms with Gasteiger partial charge in [-0.15, -0.1) is 11.6 Å². The van der Waals surface area contributed by atoms with Gasteiger partial charge in [-0.3, -0.25) is 9.20 Å². The molecule has 1 aliphatic heterocycles. The number of hydrogen-bond acceptors (Lipinski definition) is 5. The van der Waals surface area contributed by atoms with Gasteiger partial charge in [-0.2, -0.15) is 0 Å². The molecule has 0 aliphatic carbocycles. The Morgan fingerprint density at radius 1 is 0.944 bits per heavy atom. The number of amides is 1. The standard InChI is InChI=1S/C27H15Cl2N3O3S/c28-15-7-5-8-16(13-15)31-23(21(29)25(31)33)24-22(17-12-14-6-1-4-11-20(14)35-26(17)34)32-19-10-3-2-9-18(19)30-27(32)36-24/h1-13,21,23H. The van der Waals surface area contributed by atoms with Crippen LogP contribution in [0.2, 0.25) is 5.02 Å². The third-order valence-electron chi connectivity index (χ3n) is 6.47. The normalized spacial score (nSPS) is 17.8. The summed E-state index contributed by atoms with van der Waals surface area (Å²) in [6.45, 7) is 0. The fraction of sp³-hybridized carbons (Fsp3) is 0.0741. The number of nitrogens with zero attached hydrogens (tertiary/aromatic N) is 3. The molecular formula is C27H15Cl2N3O3S. The smallest absolute Gasteiger partial charge is 0.345 e. The minimum atomic E-state index is -0.801. The number of carbonyl (C=O) groups is 1. The second-order valence-corrected chi connectivity index (χ2v) is 10.5. The van der Waals surface area contributed by atoms with E-state index in [-0.39, 0.29) is 5.91 Å². The molecule has 1 saturated heterocycles. The van der Waals surface area contributed by atoms with E-state index in [0.29, 0.717) is 32.5 Å². The quantitative estimate of drug-likeness (QED) is 0.145. The first-order chi connectivity index (χ1) is 17.5. The van der Waals surface area contributed by atoms with Crippen LogP contribution in [0.25, 0.3) is 38.2 Å². The lowest BCUT2D eigenvalue weighted by Crippen LogP contribution is -2.56. The number of benzene rings is 3. The van der Waals surface area contributed by atoms with Crippen molar-refractivity contribution in [3.05, 3.63) is 99.2 Å². The molecule has 2 atom stereocenters. The van der Waals surface area contributed by atoms with Gasteiger partial charge in [0.2, 0.25) is 5.91 Å². The number of halogens is 2. The lowest BCUT2D eigenvalue weighted by atomic mass is 9.95. The maximum absolute atomic E-state index is 13.3. The van der Waals surface area contributed by atoms with Crippen molar-refractivity contribution in [1.82, 2.24) is 9.38 Å². The first kappa shape index (κ1) is 21.6. The van der Waals surface area contributed by atoms with Crippen LogP contribution in [0, 0.1) is 0 Å². The second kappa shape index (κ2) is 7.93. The van der Waals surface area contributed by atoms with E-state index < -0.39 is 17.0 Å². The predicted octanol–water partition coefficient (Wildman–Crippen LogP) is 6.67. The molecule has 6 aromatic rings. The molecule has 3 aromatic heterocycles. The lowest BCUT2D eigenvalue weighted by Gasteiger charge is -2.44.